The van der Waals surface area contributed by atoms with Gasteiger partial charge < -0.3 is 9.88 Å². The smallest absolute Gasteiger partial charge is 0.274 e. The highest BCUT2D eigenvalue weighted by molar-refractivity contribution is 7.91. The Hall–Kier alpha value is -2.19. The molecule has 4 rings (SSSR count). The first-order valence-corrected chi connectivity index (χ1v) is 10.6. The number of aryl methyl sites for hydroxylation is 1. The molecule has 2 fully saturated rings. The Balaban J connectivity index is 1.60. The largest absolute Gasteiger partial charge is 0.348 e. The number of H-pyrrole nitrogens is 1. The van der Waals surface area contributed by atoms with Crippen LogP contribution < -0.4 is 0 Å². The van der Waals surface area contributed by atoms with E-state index in [2.05, 4.69) is 14.9 Å². The third-order valence-corrected chi connectivity index (χ3v) is 7.01. The summed E-state index contributed by atoms with van der Waals surface area (Å²) in [7, 11) is -3.16. The minimum atomic E-state index is -3.16. The lowest BCUT2D eigenvalue weighted by atomic mass is 10.0. The fraction of sp³-hybridized carbons (Fsp3) is 0.444. The van der Waals surface area contributed by atoms with Crippen molar-refractivity contribution in [1.29, 1.82) is 0 Å². The van der Waals surface area contributed by atoms with Gasteiger partial charge in [-0.3, -0.25) is 9.69 Å². The summed E-state index contributed by atoms with van der Waals surface area (Å²) >= 11 is 0. The molecule has 8 heteroatoms. The lowest BCUT2D eigenvalue weighted by Crippen LogP contribution is -2.60. The number of nitrogens with zero attached hydrogens (tertiary/aromatic N) is 3. The average molecular weight is 374 g/mol. The lowest BCUT2D eigenvalue weighted by Gasteiger charge is -2.43. The predicted molar refractivity (Wildman–Crippen MR) is 97.4 cm³/mol. The molecule has 1 aromatic heterocycles. The van der Waals surface area contributed by atoms with Gasteiger partial charge in [0.1, 0.15) is 5.69 Å². The van der Waals surface area contributed by atoms with E-state index in [0.29, 0.717) is 31.0 Å². The number of piperazine rings is 1. The van der Waals surface area contributed by atoms with Gasteiger partial charge >= 0.3 is 0 Å². The highest BCUT2D eigenvalue weighted by atomic mass is 32.2. The van der Waals surface area contributed by atoms with Crippen LogP contribution in [0.3, 0.4) is 0 Å². The van der Waals surface area contributed by atoms with Crippen molar-refractivity contribution in [3.8, 4) is 0 Å². The molecule has 2 aliphatic heterocycles. The first-order valence-electron chi connectivity index (χ1n) is 8.74. The molecule has 3 heterocycles. The molecule has 138 valence electrons. The van der Waals surface area contributed by atoms with E-state index in [9.17, 15) is 13.2 Å². The van der Waals surface area contributed by atoms with Crippen molar-refractivity contribution < 1.29 is 13.2 Å². The third-order valence-electron chi connectivity index (χ3n) is 5.31. The van der Waals surface area contributed by atoms with Crippen molar-refractivity contribution in [2.45, 2.75) is 25.6 Å². The van der Waals surface area contributed by atoms with Crippen molar-refractivity contribution in [2.24, 2.45) is 0 Å². The Labute approximate surface area is 152 Å². The van der Waals surface area contributed by atoms with Crippen LogP contribution in [0.5, 0.6) is 0 Å². The summed E-state index contributed by atoms with van der Waals surface area (Å²) in [5, 5.41) is 0. The normalized spacial score (nSPS) is 25.2. The van der Waals surface area contributed by atoms with Crippen LogP contribution in [0.25, 0.3) is 0 Å². The second-order valence-corrected chi connectivity index (χ2v) is 9.20. The van der Waals surface area contributed by atoms with Gasteiger partial charge in [-0.1, -0.05) is 30.3 Å². The van der Waals surface area contributed by atoms with Gasteiger partial charge in [0, 0.05) is 31.4 Å². The molecular weight excluding hydrogens is 352 g/mol. The molecular formula is C18H22N4O3S. The molecule has 0 bridgehead atoms. The van der Waals surface area contributed by atoms with Crippen LogP contribution in [0.1, 0.15) is 21.7 Å². The predicted octanol–water partition coefficient (Wildman–Crippen LogP) is 0.842. The van der Waals surface area contributed by atoms with Crippen LogP contribution >= 0.6 is 0 Å². The molecule has 7 nitrogen and oxygen atoms in total. The van der Waals surface area contributed by atoms with Gasteiger partial charge in [-0.15, -0.1) is 0 Å². The molecule has 1 N–H and O–H groups in total. The molecule has 2 saturated heterocycles. The van der Waals surface area contributed by atoms with Crippen molar-refractivity contribution in [2.75, 3.05) is 24.6 Å². The number of hydrogen-bond donors (Lipinski definition) is 1. The fourth-order valence-electron chi connectivity index (χ4n) is 4.00. The number of nitrogens with one attached hydrogen (secondary N) is 1. The standard InChI is InChI=1S/C18H22N4O3S/c1-13-17(20-12-19-13)18(23)22-8-7-21(9-14-5-3-2-4-6-14)15-10-26(24,25)11-16(15)22/h2-6,12,15-16H,7-11H2,1H3,(H,19,20). The zero-order valence-electron chi connectivity index (χ0n) is 14.6. The molecule has 2 aromatic rings. The Bertz CT molecular complexity index is 910. The topological polar surface area (TPSA) is 86.4 Å². The van der Waals surface area contributed by atoms with Crippen molar-refractivity contribution in [1.82, 2.24) is 19.8 Å². The van der Waals surface area contributed by atoms with Crippen LogP contribution in [0.2, 0.25) is 0 Å². The van der Waals surface area contributed by atoms with E-state index >= 15 is 0 Å². The number of sulfone groups is 1. The zero-order valence-corrected chi connectivity index (χ0v) is 15.4. The number of amides is 1. The average Bonchev–Trinajstić information content (AvgIpc) is 3.17. The van der Waals surface area contributed by atoms with Gasteiger partial charge in [0.15, 0.2) is 9.84 Å². The molecule has 0 radical (unpaired) electrons. The first-order chi connectivity index (χ1) is 12.4. The zero-order chi connectivity index (χ0) is 18.3. The van der Waals surface area contributed by atoms with E-state index in [0.717, 1.165) is 5.56 Å². The summed E-state index contributed by atoms with van der Waals surface area (Å²) in [5.41, 5.74) is 2.24. The van der Waals surface area contributed by atoms with E-state index < -0.39 is 9.84 Å². The molecule has 0 spiro atoms. The SMILES string of the molecule is Cc1[nH]cnc1C(=O)N1CCN(Cc2ccccc2)C2CS(=O)(=O)CC21. The second kappa shape index (κ2) is 6.51. The van der Waals surface area contributed by atoms with E-state index in [1.54, 1.807) is 11.8 Å². The molecule has 26 heavy (non-hydrogen) atoms. The Kier molecular flexibility index (Phi) is 4.32. The van der Waals surface area contributed by atoms with Crippen LogP contribution in [0, 0.1) is 6.92 Å². The fourth-order valence-corrected chi connectivity index (χ4v) is 6.01. The van der Waals surface area contributed by atoms with Gasteiger partial charge in [-0.25, -0.2) is 13.4 Å². The van der Waals surface area contributed by atoms with Gasteiger partial charge in [0.2, 0.25) is 0 Å². The number of carbonyl (C=O) groups is 1. The van der Waals surface area contributed by atoms with Crippen LogP contribution in [0.4, 0.5) is 0 Å². The van der Waals surface area contributed by atoms with Crippen LogP contribution in [0.15, 0.2) is 36.7 Å². The monoisotopic (exact) mass is 374 g/mol. The van der Waals surface area contributed by atoms with E-state index in [1.165, 1.54) is 6.33 Å². The third kappa shape index (κ3) is 3.14. The molecule has 1 amide bonds. The number of aromatic amines is 1. The summed E-state index contributed by atoms with van der Waals surface area (Å²) < 4.78 is 24.7. The number of imidazole rings is 1. The summed E-state index contributed by atoms with van der Waals surface area (Å²) in [5.74, 6) is -0.0540. The number of fused-ring (bicyclic) bond motifs is 1. The molecule has 0 saturated carbocycles. The maximum Gasteiger partial charge on any atom is 0.274 e. The minimum Gasteiger partial charge on any atom is -0.348 e. The summed E-state index contributed by atoms with van der Waals surface area (Å²) in [4.78, 5) is 23.9. The number of aromatic nitrogens is 2. The van der Waals surface area contributed by atoms with Gasteiger partial charge in [-0.05, 0) is 12.5 Å². The summed E-state index contributed by atoms with van der Waals surface area (Å²) in [6, 6.07) is 9.54. The summed E-state index contributed by atoms with van der Waals surface area (Å²) in [6.07, 6.45) is 1.50. The van der Waals surface area contributed by atoms with Crippen LogP contribution in [-0.2, 0) is 16.4 Å². The number of benzene rings is 1. The van der Waals surface area contributed by atoms with Crippen molar-refractivity contribution in [3.05, 3.63) is 53.6 Å². The molecule has 2 atom stereocenters. The number of hydrogen-bond acceptors (Lipinski definition) is 5. The Morgan fingerprint density at radius 2 is 1.92 bits per heavy atom. The summed E-state index contributed by atoms with van der Waals surface area (Å²) in [6.45, 7) is 3.66. The highest BCUT2D eigenvalue weighted by Gasteiger charge is 2.48. The first kappa shape index (κ1) is 17.2. The van der Waals surface area contributed by atoms with Crippen molar-refractivity contribution >= 4 is 15.7 Å². The maximum atomic E-state index is 12.9. The Morgan fingerprint density at radius 1 is 1.19 bits per heavy atom. The van der Waals surface area contributed by atoms with E-state index in [4.69, 9.17) is 0 Å². The van der Waals surface area contributed by atoms with Crippen molar-refractivity contribution in [3.63, 3.8) is 0 Å². The maximum absolute atomic E-state index is 12.9. The molecule has 2 unspecified atom stereocenters. The second-order valence-electron chi connectivity index (χ2n) is 7.04. The molecule has 0 aliphatic carbocycles. The Morgan fingerprint density at radius 3 is 2.62 bits per heavy atom. The van der Waals surface area contributed by atoms with Gasteiger partial charge in [-0.2, -0.15) is 0 Å². The minimum absolute atomic E-state index is 0.0260. The molecule has 1 aromatic carbocycles. The lowest BCUT2D eigenvalue weighted by molar-refractivity contribution is 0.0301. The van der Waals surface area contributed by atoms with E-state index in [-0.39, 0.29) is 29.5 Å². The molecule has 2 aliphatic rings. The van der Waals surface area contributed by atoms with Gasteiger partial charge in [0.25, 0.3) is 5.91 Å². The van der Waals surface area contributed by atoms with E-state index in [1.807, 2.05) is 30.3 Å². The number of rotatable bonds is 3. The van der Waals surface area contributed by atoms with Gasteiger partial charge in [0.05, 0.1) is 23.9 Å². The van der Waals surface area contributed by atoms with Crippen LogP contribution in [-0.4, -0.2) is 70.8 Å². The number of carbonyl (C=O) groups excluding carboxylic acids is 1. The highest BCUT2D eigenvalue weighted by Crippen LogP contribution is 2.29. The quantitative estimate of drug-likeness (QED) is 0.860.